The van der Waals surface area contributed by atoms with E-state index < -0.39 is 0 Å². The minimum Gasteiger partial charge on any atom is -0.497 e. The number of rotatable bonds is 5. The third-order valence-corrected chi connectivity index (χ3v) is 4.17. The molecule has 0 aromatic heterocycles. The standard InChI is InChI=1S/C17H25NO3/c1-11(2)16(17(19)21-4)18-15-7-5-6-12-8-9-13(20-3)10-14(12)15/h8-11,15-16,18H,5-7H2,1-4H3/t15?,16-/m0/s1. The maximum Gasteiger partial charge on any atom is 0.323 e. The molecule has 1 aliphatic rings. The molecular weight excluding hydrogens is 266 g/mol. The predicted molar refractivity (Wildman–Crippen MR) is 82.5 cm³/mol. The largest absolute Gasteiger partial charge is 0.497 e. The van der Waals surface area contributed by atoms with Crippen molar-refractivity contribution in [2.45, 2.75) is 45.2 Å². The van der Waals surface area contributed by atoms with Crippen molar-refractivity contribution in [2.24, 2.45) is 5.92 Å². The van der Waals surface area contributed by atoms with E-state index >= 15 is 0 Å². The molecule has 116 valence electrons. The van der Waals surface area contributed by atoms with Gasteiger partial charge in [0.25, 0.3) is 0 Å². The average molecular weight is 291 g/mol. The number of carbonyl (C=O) groups excluding carboxylic acids is 1. The molecule has 1 N–H and O–H groups in total. The van der Waals surface area contributed by atoms with Crippen molar-refractivity contribution in [3.63, 3.8) is 0 Å². The summed E-state index contributed by atoms with van der Waals surface area (Å²) >= 11 is 0. The highest BCUT2D eigenvalue weighted by Gasteiger charge is 2.29. The molecule has 0 saturated heterocycles. The number of nitrogens with one attached hydrogen (secondary N) is 1. The number of esters is 1. The van der Waals surface area contributed by atoms with Crippen LogP contribution in [0.15, 0.2) is 18.2 Å². The van der Waals surface area contributed by atoms with Crippen molar-refractivity contribution in [1.29, 1.82) is 0 Å². The Bertz CT molecular complexity index is 499. The number of fused-ring (bicyclic) bond motifs is 1. The number of hydrogen-bond acceptors (Lipinski definition) is 4. The van der Waals surface area contributed by atoms with Gasteiger partial charge in [0, 0.05) is 6.04 Å². The van der Waals surface area contributed by atoms with E-state index in [1.54, 1.807) is 7.11 Å². The van der Waals surface area contributed by atoms with Crippen LogP contribution in [-0.2, 0) is 16.0 Å². The van der Waals surface area contributed by atoms with Crippen LogP contribution < -0.4 is 10.1 Å². The molecule has 21 heavy (non-hydrogen) atoms. The van der Waals surface area contributed by atoms with Gasteiger partial charge in [0.2, 0.25) is 0 Å². The Hall–Kier alpha value is -1.55. The second-order valence-corrected chi connectivity index (χ2v) is 5.92. The molecule has 0 bridgehead atoms. The highest BCUT2D eigenvalue weighted by atomic mass is 16.5. The monoisotopic (exact) mass is 291 g/mol. The Morgan fingerprint density at radius 2 is 2.10 bits per heavy atom. The van der Waals surface area contributed by atoms with Crippen molar-refractivity contribution >= 4 is 5.97 Å². The Kier molecular flexibility index (Phi) is 5.23. The summed E-state index contributed by atoms with van der Waals surface area (Å²) in [6.45, 7) is 4.06. The van der Waals surface area contributed by atoms with Gasteiger partial charge >= 0.3 is 5.97 Å². The summed E-state index contributed by atoms with van der Waals surface area (Å²) in [4.78, 5) is 12.0. The summed E-state index contributed by atoms with van der Waals surface area (Å²) in [7, 11) is 3.12. The van der Waals surface area contributed by atoms with Crippen LogP contribution in [0.4, 0.5) is 0 Å². The van der Waals surface area contributed by atoms with Crippen LogP contribution in [0.1, 0.15) is 43.9 Å². The van der Waals surface area contributed by atoms with Crippen molar-refractivity contribution in [3.05, 3.63) is 29.3 Å². The number of hydrogen-bond donors (Lipinski definition) is 1. The van der Waals surface area contributed by atoms with Gasteiger partial charge in [-0.25, -0.2) is 0 Å². The third kappa shape index (κ3) is 3.56. The quantitative estimate of drug-likeness (QED) is 0.847. The molecule has 0 radical (unpaired) electrons. The lowest BCUT2D eigenvalue weighted by molar-refractivity contribution is -0.144. The van der Waals surface area contributed by atoms with Crippen LogP contribution in [0.5, 0.6) is 5.75 Å². The highest BCUT2D eigenvalue weighted by molar-refractivity contribution is 5.76. The maximum absolute atomic E-state index is 12.0. The molecule has 4 heteroatoms. The molecule has 0 fully saturated rings. The van der Waals surface area contributed by atoms with E-state index in [-0.39, 0.29) is 24.0 Å². The zero-order chi connectivity index (χ0) is 15.4. The zero-order valence-corrected chi connectivity index (χ0v) is 13.3. The van der Waals surface area contributed by atoms with Crippen molar-refractivity contribution in [1.82, 2.24) is 5.32 Å². The van der Waals surface area contributed by atoms with Gasteiger partial charge in [-0.1, -0.05) is 19.9 Å². The fraction of sp³-hybridized carbons (Fsp3) is 0.588. The van der Waals surface area contributed by atoms with E-state index in [0.29, 0.717) is 0 Å². The van der Waals surface area contributed by atoms with Crippen LogP contribution in [0, 0.1) is 5.92 Å². The predicted octanol–water partition coefficient (Wildman–Crippen LogP) is 2.86. The molecule has 1 aromatic rings. The van der Waals surface area contributed by atoms with Gasteiger partial charge in [-0.3, -0.25) is 10.1 Å². The summed E-state index contributed by atoms with van der Waals surface area (Å²) in [6, 6.07) is 6.11. The number of ether oxygens (including phenoxy) is 2. The first-order chi connectivity index (χ1) is 10.1. The van der Waals surface area contributed by atoms with Gasteiger partial charge < -0.3 is 9.47 Å². The summed E-state index contributed by atoms with van der Waals surface area (Å²) in [5.41, 5.74) is 2.59. The molecule has 1 aromatic carbocycles. The van der Waals surface area contributed by atoms with Gasteiger partial charge in [0.15, 0.2) is 0 Å². The lowest BCUT2D eigenvalue weighted by Crippen LogP contribution is -2.44. The molecular formula is C17H25NO3. The summed E-state index contributed by atoms with van der Waals surface area (Å²) in [6.07, 6.45) is 3.24. The Morgan fingerprint density at radius 1 is 1.33 bits per heavy atom. The minimum absolute atomic E-state index is 0.176. The van der Waals surface area contributed by atoms with Gasteiger partial charge in [0.05, 0.1) is 14.2 Å². The second-order valence-electron chi connectivity index (χ2n) is 5.92. The Labute approximate surface area is 126 Å². The molecule has 0 spiro atoms. The molecule has 1 unspecified atom stereocenters. The van der Waals surface area contributed by atoms with E-state index in [1.165, 1.54) is 18.2 Å². The molecule has 0 aliphatic heterocycles. The topological polar surface area (TPSA) is 47.6 Å². The number of benzene rings is 1. The van der Waals surface area contributed by atoms with Crippen LogP contribution in [0.3, 0.4) is 0 Å². The van der Waals surface area contributed by atoms with Gasteiger partial charge in [-0.2, -0.15) is 0 Å². The lowest BCUT2D eigenvalue weighted by Gasteiger charge is -2.31. The first kappa shape index (κ1) is 15.8. The fourth-order valence-electron chi connectivity index (χ4n) is 2.95. The van der Waals surface area contributed by atoms with E-state index in [4.69, 9.17) is 9.47 Å². The molecule has 4 nitrogen and oxygen atoms in total. The average Bonchev–Trinajstić information content (AvgIpc) is 2.51. The molecule has 2 atom stereocenters. The van der Waals surface area contributed by atoms with Gasteiger partial charge in [-0.15, -0.1) is 0 Å². The Morgan fingerprint density at radius 3 is 2.71 bits per heavy atom. The van der Waals surface area contributed by atoms with E-state index in [0.717, 1.165) is 25.0 Å². The number of carbonyl (C=O) groups is 1. The summed E-state index contributed by atoms with van der Waals surface area (Å²) in [5, 5.41) is 3.48. The molecule has 0 saturated carbocycles. The van der Waals surface area contributed by atoms with E-state index in [2.05, 4.69) is 17.4 Å². The van der Waals surface area contributed by atoms with Crippen LogP contribution in [0.25, 0.3) is 0 Å². The minimum atomic E-state index is -0.280. The van der Waals surface area contributed by atoms with Crippen LogP contribution in [0.2, 0.25) is 0 Å². The third-order valence-electron chi connectivity index (χ3n) is 4.17. The molecule has 1 aliphatic carbocycles. The summed E-state index contributed by atoms with van der Waals surface area (Å²) in [5.74, 6) is 0.857. The van der Waals surface area contributed by atoms with Crippen LogP contribution in [-0.4, -0.2) is 26.2 Å². The normalized spacial score (nSPS) is 19.0. The van der Waals surface area contributed by atoms with Gasteiger partial charge in [-0.05, 0) is 48.4 Å². The highest BCUT2D eigenvalue weighted by Crippen LogP contribution is 2.33. The first-order valence-corrected chi connectivity index (χ1v) is 7.57. The first-order valence-electron chi connectivity index (χ1n) is 7.57. The fourth-order valence-corrected chi connectivity index (χ4v) is 2.95. The van der Waals surface area contributed by atoms with E-state index in [9.17, 15) is 4.79 Å². The zero-order valence-electron chi connectivity index (χ0n) is 13.3. The van der Waals surface area contributed by atoms with E-state index in [1.807, 2.05) is 19.9 Å². The smallest absolute Gasteiger partial charge is 0.323 e. The van der Waals surface area contributed by atoms with Crippen LogP contribution >= 0.6 is 0 Å². The van der Waals surface area contributed by atoms with Crippen molar-refractivity contribution in [3.8, 4) is 5.75 Å². The molecule has 0 amide bonds. The maximum atomic E-state index is 12.0. The molecule has 0 heterocycles. The van der Waals surface area contributed by atoms with Crippen molar-refractivity contribution < 1.29 is 14.3 Å². The summed E-state index contributed by atoms with van der Waals surface area (Å²) < 4.78 is 10.3. The lowest BCUT2D eigenvalue weighted by atomic mass is 9.86. The Balaban J connectivity index is 2.24. The number of methoxy groups -OCH3 is 2. The van der Waals surface area contributed by atoms with Gasteiger partial charge in [0.1, 0.15) is 11.8 Å². The van der Waals surface area contributed by atoms with Crippen molar-refractivity contribution in [2.75, 3.05) is 14.2 Å². The SMILES string of the molecule is COC(=O)[C@@H](NC1CCCc2ccc(OC)cc21)C(C)C. The second kappa shape index (κ2) is 6.94. The number of aryl methyl sites for hydroxylation is 1. The molecule has 2 rings (SSSR count).